The molecule has 122 valence electrons. The highest BCUT2D eigenvalue weighted by atomic mass is 19.1. The smallest absolute Gasteiger partial charge is 0.129 e. The minimum atomic E-state index is -1.03. The van der Waals surface area contributed by atoms with Crippen molar-refractivity contribution in [3.05, 3.63) is 35.9 Å². The maximum atomic E-state index is 13.4. The van der Waals surface area contributed by atoms with Gasteiger partial charge in [0.15, 0.2) is 0 Å². The number of rotatable bonds is 4. The largest absolute Gasteiger partial charge is 0.390 e. The van der Waals surface area contributed by atoms with Gasteiger partial charge in [-0.1, -0.05) is 12.1 Å². The van der Waals surface area contributed by atoms with Crippen molar-refractivity contribution in [2.45, 2.75) is 44.4 Å². The predicted molar refractivity (Wildman–Crippen MR) is 90.5 cm³/mol. The number of fused-ring (bicyclic) bond motifs is 1. The van der Waals surface area contributed by atoms with Gasteiger partial charge in [-0.3, -0.25) is 0 Å². The van der Waals surface area contributed by atoms with Gasteiger partial charge in [0.05, 0.1) is 11.6 Å². The summed E-state index contributed by atoms with van der Waals surface area (Å²) in [5, 5.41) is 11.0. The first kappa shape index (κ1) is 14.9. The SMILES string of the molecule is OC1C(F)CCC1CCc1ccc2ccc(N3CCC3)nc2c1. The summed E-state index contributed by atoms with van der Waals surface area (Å²) < 4.78 is 13.4. The standard InChI is InChI=1S/C19H23FN2O/c20-16-8-6-15(19(16)23)5-3-13-2-4-14-7-9-18(21-17(14)12-13)22-10-1-11-22/h2,4,7,9,12,15-16,19,23H,1,3,5-6,8,10-11H2. The summed E-state index contributed by atoms with van der Waals surface area (Å²) in [5.74, 6) is 1.16. The van der Waals surface area contributed by atoms with Crippen LogP contribution in [0.1, 0.15) is 31.2 Å². The molecule has 3 unspecified atom stereocenters. The van der Waals surface area contributed by atoms with Crippen molar-refractivity contribution in [2.24, 2.45) is 5.92 Å². The average Bonchev–Trinajstić information content (AvgIpc) is 2.82. The van der Waals surface area contributed by atoms with Crippen LogP contribution in [0.3, 0.4) is 0 Å². The molecule has 1 saturated carbocycles. The fourth-order valence-electron chi connectivity index (χ4n) is 3.71. The Morgan fingerprint density at radius 3 is 2.70 bits per heavy atom. The lowest BCUT2D eigenvalue weighted by Gasteiger charge is -2.32. The van der Waals surface area contributed by atoms with Crippen molar-refractivity contribution < 1.29 is 9.50 Å². The van der Waals surface area contributed by atoms with Crippen LogP contribution in [0.15, 0.2) is 30.3 Å². The Morgan fingerprint density at radius 2 is 2.00 bits per heavy atom. The van der Waals surface area contributed by atoms with Gasteiger partial charge in [0.2, 0.25) is 0 Å². The van der Waals surface area contributed by atoms with Crippen LogP contribution < -0.4 is 4.90 Å². The number of aliphatic hydroxyl groups is 1. The normalized spacial score (nSPS) is 27.4. The third-order valence-electron chi connectivity index (χ3n) is 5.39. The van der Waals surface area contributed by atoms with Crippen molar-refractivity contribution in [3.8, 4) is 0 Å². The third kappa shape index (κ3) is 2.92. The van der Waals surface area contributed by atoms with Crippen LogP contribution >= 0.6 is 0 Å². The summed E-state index contributed by atoms with van der Waals surface area (Å²) in [6, 6.07) is 10.6. The number of aliphatic hydroxyl groups excluding tert-OH is 1. The number of pyridine rings is 1. The van der Waals surface area contributed by atoms with E-state index in [4.69, 9.17) is 4.98 Å². The molecule has 1 N–H and O–H groups in total. The van der Waals surface area contributed by atoms with E-state index in [1.54, 1.807) is 0 Å². The second kappa shape index (κ2) is 6.08. The van der Waals surface area contributed by atoms with Gasteiger partial charge in [-0.2, -0.15) is 0 Å². The van der Waals surface area contributed by atoms with Gasteiger partial charge in [0.1, 0.15) is 12.0 Å². The number of benzene rings is 1. The zero-order chi connectivity index (χ0) is 15.8. The third-order valence-corrected chi connectivity index (χ3v) is 5.39. The molecule has 4 rings (SSSR count). The van der Waals surface area contributed by atoms with E-state index in [0.29, 0.717) is 6.42 Å². The fourth-order valence-corrected chi connectivity index (χ4v) is 3.71. The lowest BCUT2D eigenvalue weighted by Crippen LogP contribution is -2.37. The Hall–Kier alpha value is -1.68. The molecule has 4 heteroatoms. The van der Waals surface area contributed by atoms with E-state index in [9.17, 15) is 9.50 Å². The summed E-state index contributed by atoms with van der Waals surface area (Å²) in [4.78, 5) is 7.08. The number of hydrogen-bond donors (Lipinski definition) is 1. The lowest BCUT2D eigenvalue weighted by molar-refractivity contribution is 0.0663. The minimum absolute atomic E-state index is 0.0982. The highest BCUT2D eigenvalue weighted by Gasteiger charge is 2.34. The molecule has 0 amide bonds. The van der Waals surface area contributed by atoms with Crippen LogP contribution in [0.4, 0.5) is 10.2 Å². The number of alkyl halides is 1. The van der Waals surface area contributed by atoms with Crippen LogP contribution in [0.5, 0.6) is 0 Å². The first-order chi connectivity index (χ1) is 11.2. The van der Waals surface area contributed by atoms with Gasteiger partial charge in [-0.25, -0.2) is 9.37 Å². The van der Waals surface area contributed by atoms with Gasteiger partial charge >= 0.3 is 0 Å². The molecule has 1 aliphatic carbocycles. The van der Waals surface area contributed by atoms with Gasteiger partial charge in [-0.05, 0) is 61.8 Å². The van der Waals surface area contributed by atoms with E-state index < -0.39 is 12.3 Å². The Kier molecular flexibility index (Phi) is 3.93. The molecule has 1 aromatic heterocycles. The Labute approximate surface area is 136 Å². The fraction of sp³-hybridized carbons (Fsp3) is 0.526. The maximum Gasteiger partial charge on any atom is 0.129 e. The molecule has 2 aliphatic rings. The molecule has 0 bridgehead atoms. The Balaban J connectivity index is 1.49. The predicted octanol–water partition coefficient (Wildman–Crippen LogP) is 3.49. The minimum Gasteiger partial charge on any atom is -0.390 e. The number of aromatic nitrogens is 1. The summed E-state index contributed by atoms with van der Waals surface area (Å²) in [5.41, 5.74) is 2.25. The molecule has 1 saturated heterocycles. The van der Waals surface area contributed by atoms with E-state index >= 15 is 0 Å². The number of nitrogens with zero attached hydrogens (tertiary/aromatic N) is 2. The van der Waals surface area contributed by atoms with E-state index in [-0.39, 0.29) is 5.92 Å². The van der Waals surface area contributed by atoms with Crippen LogP contribution in [0.2, 0.25) is 0 Å². The molecule has 2 heterocycles. The van der Waals surface area contributed by atoms with Crippen molar-refractivity contribution in [1.29, 1.82) is 0 Å². The van der Waals surface area contributed by atoms with Gasteiger partial charge in [0, 0.05) is 18.5 Å². The molecule has 23 heavy (non-hydrogen) atoms. The zero-order valence-electron chi connectivity index (χ0n) is 13.3. The van der Waals surface area contributed by atoms with Crippen LogP contribution in [0, 0.1) is 5.92 Å². The second-order valence-corrected chi connectivity index (χ2v) is 6.92. The molecule has 2 fully saturated rings. The summed E-state index contributed by atoms with van der Waals surface area (Å²) in [6.45, 7) is 2.20. The van der Waals surface area contributed by atoms with E-state index in [1.807, 2.05) is 0 Å². The second-order valence-electron chi connectivity index (χ2n) is 6.92. The summed E-state index contributed by atoms with van der Waals surface area (Å²) >= 11 is 0. The molecule has 2 aromatic rings. The van der Waals surface area contributed by atoms with E-state index in [2.05, 4.69) is 35.2 Å². The highest BCUT2D eigenvalue weighted by molar-refractivity contribution is 5.81. The average molecular weight is 314 g/mol. The van der Waals surface area contributed by atoms with Crippen LogP contribution in [-0.2, 0) is 6.42 Å². The lowest BCUT2D eigenvalue weighted by atomic mass is 9.96. The molecule has 1 aliphatic heterocycles. The number of hydrogen-bond acceptors (Lipinski definition) is 3. The van der Waals surface area contributed by atoms with Gasteiger partial charge in [0.25, 0.3) is 0 Å². The quantitative estimate of drug-likeness (QED) is 0.938. The molecule has 0 spiro atoms. The molecule has 0 radical (unpaired) electrons. The summed E-state index contributed by atoms with van der Waals surface area (Å²) in [7, 11) is 0. The molecular weight excluding hydrogens is 291 g/mol. The topological polar surface area (TPSA) is 36.4 Å². The Morgan fingerprint density at radius 1 is 1.17 bits per heavy atom. The van der Waals surface area contributed by atoms with Crippen molar-refractivity contribution >= 4 is 16.7 Å². The first-order valence-electron chi connectivity index (χ1n) is 8.67. The molecular formula is C19H23FN2O. The first-order valence-corrected chi connectivity index (χ1v) is 8.67. The Bertz CT molecular complexity index is 701. The number of anilines is 1. The number of halogens is 1. The molecule has 1 aromatic carbocycles. The molecule has 3 nitrogen and oxygen atoms in total. The van der Waals surface area contributed by atoms with Gasteiger partial charge < -0.3 is 10.0 Å². The molecule has 3 atom stereocenters. The monoisotopic (exact) mass is 314 g/mol. The van der Waals surface area contributed by atoms with E-state index in [0.717, 1.165) is 49.1 Å². The van der Waals surface area contributed by atoms with Crippen molar-refractivity contribution in [2.75, 3.05) is 18.0 Å². The van der Waals surface area contributed by atoms with Crippen molar-refractivity contribution in [1.82, 2.24) is 4.98 Å². The maximum absolute atomic E-state index is 13.4. The van der Waals surface area contributed by atoms with Crippen molar-refractivity contribution in [3.63, 3.8) is 0 Å². The highest BCUT2D eigenvalue weighted by Crippen LogP contribution is 2.32. The van der Waals surface area contributed by atoms with Crippen LogP contribution in [0.25, 0.3) is 10.9 Å². The van der Waals surface area contributed by atoms with Crippen LogP contribution in [-0.4, -0.2) is 35.5 Å². The summed E-state index contributed by atoms with van der Waals surface area (Å²) in [6.07, 6.45) is 2.47. The van der Waals surface area contributed by atoms with E-state index in [1.165, 1.54) is 12.0 Å². The number of aryl methyl sites for hydroxylation is 1. The zero-order valence-corrected chi connectivity index (χ0v) is 13.3. The van der Waals surface area contributed by atoms with Gasteiger partial charge in [-0.15, -0.1) is 0 Å².